The monoisotopic (exact) mass is 675 g/mol. The molecule has 0 bridgehead atoms. The van der Waals surface area contributed by atoms with E-state index in [1.165, 1.54) is 34.8 Å². The number of nitrogens with zero attached hydrogens (tertiary/aromatic N) is 4. The van der Waals surface area contributed by atoms with Crippen LogP contribution in [-0.2, 0) is 16.6 Å². The first-order valence-corrected chi connectivity index (χ1v) is 17.0. The van der Waals surface area contributed by atoms with Gasteiger partial charge in [0.2, 0.25) is 15.9 Å². The zero-order valence-corrected chi connectivity index (χ0v) is 27.6. The van der Waals surface area contributed by atoms with Gasteiger partial charge in [0.05, 0.1) is 22.4 Å². The molecule has 0 fully saturated rings. The summed E-state index contributed by atoms with van der Waals surface area (Å²) in [5.41, 5.74) is 4.19. The number of hydrogen-bond donors (Lipinski definition) is 2. The first-order valence-electron chi connectivity index (χ1n) is 15.6. The molecule has 12 heteroatoms. The summed E-state index contributed by atoms with van der Waals surface area (Å²) in [5.74, 6) is -0.299. The largest absolute Gasteiger partial charge is 0.494 e. The molecule has 2 aromatic heterocycles. The number of pyridine rings is 2. The van der Waals surface area contributed by atoms with Crippen molar-refractivity contribution in [3.63, 3.8) is 0 Å². The third-order valence-corrected chi connectivity index (χ3v) is 10.1. The fraction of sp³-hybridized carbons (Fsp3) is 0.135. The van der Waals surface area contributed by atoms with Gasteiger partial charge in [0.1, 0.15) is 17.9 Å². The van der Waals surface area contributed by atoms with Crippen molar-refractivity contribution in [1.29, 1.82) is 0 Å². The molecule has 0 aliphatic heterocycles. The van der Waals surface area contributed by atoms with E-state index in [1.807, 2.05) is 30.3 Å². The lowest BCUT2D eigenvalue weighted by Crippen LogP contribution is -2.30. The lowest BCUT2D eigenvalue weighted by Gasteiger charge is -2.19. The smallest absolute Gasteiger partial charge is 0.271 e. The van der Waals surface area contributed by atoms with E-state index < -0.39 is 27.4 Å². The van der Waals surface area contributed by atoms with E-state index in [4.69, 9.17) is 4.74 Å². The van der Waals surface area contributed by atoms with Crippen LogP contribution >= 0.6 is 0 Å². The van der Waals surface area contributed by atoms with Crippen molar-refractivity contribution in [2.24, 2.45) is 5.10 Å². The Morgan fingerprint density at radius 2 is 1.65 bits per heavy atom. The van der Waals surface area contributed by atoms with Crippen molar-refractivity contribution in [3.05, 3.63) is 136 Å². The molecule has 1 amide bonds. The fourth-order valence-corrected chi connectivity index (χ4v) is 7.05. The van der Waals surface area contributed by atoms with E-state index >= 15 is 0 Å². The van der Waals surface area contributed by atoms with Gasteiger partial charge >= 0.3 is 0 Å². The number of benzene rings is 4. The molecule has 11 nitrogen and oxygen atoms in total. The Hall–Kier alpha value is -5.85. The highest BCUT2D eigenvalue weighted by atomic mass is 32.2. The molecule has 0 unspecified atom stereocenters. The van der Waals surface area contributed by atoms with Crippen LogP contribution in [0.15, 0.2) is 124 Å². The first kappa shape index (κ1) is 33.1. The van der Waals surface area contributed by atoms with E-state index in [1.54, 1.807) is 68.6 Å². The number of hydrazone groups is 1. The lowest BCUT2D eigenvalue weighted by molar-refractivity contribution is 0.0955. The third-order valence-electron chi connectivity index (χ3n) is 8.09. The van der Waals surface area contributed by atoms with Crippen molar-refractivity contribution in [2.45, 2.75) is 25.3 Å². The molecular formula is C37H33N5O6S. The predicted molar refractivity (Wildman–Crippen MR) is 189 cm³/mol. The van der Waals surface area contributed by atoms with Crippen LogP contribution in [-0.4, -0.2) is 52.6 Å². The normalized spacial score (nSPS) is 11.8. The van der Waals surface area contributed by atoms with Gasteiger partial charge in [0.15, 0.2) is 0 Å². The fourth-order valence-electron chi connectivity index (χ4n) is 5.55. The Kier molecular flexibility index (Phi) is 9.51. The van der Waals surface area contributed by atoms with Crippen LogP contribution in [0.4, 0.5) is 0 Å². The number of aromatic hydroxyl groups is 1. The van der Waals surface area contributed by atoms with Gasteiger partial charge < -0.3 is 9.84 Å². The van der Waals surface area contributed by atoms with Gasteiger partial charge in [-0.1, -0.05) is 68.4 Å². The van der Waals surface area contributed by atoms with Crippen LogP contribution in [0, 0.1) is 0 Å². The molecule has 0 radical (unpaired) electrons. The van der Waals surface area contributed by atoms with Crippen molar-refractivity contribution in [1.82, 2.24) is 19.3 Å². The molecule has 2 N–H and O–H groups in total. The van der Waals surface area contributed by atoms with Gasteiger partial charge in [0.25, 0.3) is 11.5 Å². The Labute approximate surface area is 282 Å². The molecule has 49 heavy (non-hydrogen) atoms. The number of nitrogens with one attached hydrogen (secondary N) is 1. The highest BCUT2D eigenvalue weighted by Crippen LogP contribution is 2.28. The molecule has 0 saturated carbocycles. The summed E-state index contributed by atoms with van der Waals surface area (Å²) in [6.45, 7) is 4.32. The maximum absolute atomic E-state index is 13.6. The van der Waals surface area contributed by atoms with E-state index in [0.717, 1.165) is 21.0 Å². The van der Waals surface area contributed by atoms with Crippen molar-refractivity contribution >= 4 is 43.8 Å². The lowest BCUT2D eigenvalue weighted by atomic mass is 10.1. The highest BCUT2D eigenvalue weighted by molar-refractivity contribution is 7.89. The minimum absolute atomic E-state index is 0.0150. The van der Waals surface area contributed by atoms with Crippen LogP contribution < -0.4 is 15.7 Å². The molecule has 6 aromatic rings. The van der Waals surface area contributed by atoms with E-state index in [-0.39, 0.29) is 41.2 Å². The number of hydrogen-bond acceptors (Lipinski definition) is 8. The average molecular weight is 676 g/mol. The minimum atomic E-state index is -3.83. The number of fused-ring (bicyclic) bond motifs is 2. The minimum Gasteiger partial charge on any atom is -0.494 e. The van der Waals surface area contributed by atoms with Gasteiger partial charge in [-0.3, -0.25) is 14.6 Å². The van der Waals surface area contributed by atoms with E-state index in [9.17, 15) is 23.1 Å². The summed E-state index contributed by atoms with van der Waals surface area (Å²) in [6.07, 6.45) is 2.97. The zero-order valence-electron chi connectivity index (χ0n) is 26.8. The Morgan fingerprint density at radius 1 is 0.939 bits per heavy atom. The van der Waals surface area contributed by atoms with Crippen LogP contribution in [0.25, 0.3) is 27.4 Å². The van der Waals surface area contributed by atoms with Crippen LogP contribution in [0.2, 0.25) is 0 Å². The highest BCUT2D eigenvalue weighted by Gasteiger charge is 2.23. The number of rotatable bonds is 11. The molecule has 0 spiro atoms. The summed E-state index contributed by atoms with van der Waals surface area (Å²) in [6, 6.07) is 28.9. The van der Waals surface area contributed by atoms with Crippen molar-refractivity contribution < 1.29 is 23.1 Å². The number of carbonyl (C=O) groups is 1. The second kappa shape index (κ2) is 14.1. The molecule has 4 aromatic carbocycles. The molecule has 0 saturated heterocycles. The predicted octanol–water partition coefficient (Wildman–Crippen LogP) is 5.62. The maximum atomic E-state index is 13.6. The van der Waals surface area contributed by atoms with Crippen molar-refractivity contribution in [3.8, 4) is 17.3 Å². The summed E-state index contributed by atoms with van der Waals surface area (Å²) in [5, 5.41) is 17.1. The van der Waals surface area contributed by atoms with Gasteiger partial charge in [-0.2, -0.15) is 9.41 Å². The molecule has 6 rings (SSSR count). The Morgan fingerprint density at radius 3 is 2.41 bits per heavy atom. The summed E-state index contributed by atoms with van der Waals surface area (Å²) in [7, 11) is -3.83. The van der Waals surface area contributed by atoms with Gasteiger partial charge in [-0.25, -0.2) is 18.4 Å². The number of sulfonamides is 1. The van der Waals surface area contributed by atoms with Crippen LogP contribution in [0.1, 0.15) is 35.3 Å². The molecule has 0 aliphatic rings. The van der Waals surface area contributed by atoms with Crippen molar-refractivity contribution in [2.75, 3.05) is 13.1 Å². The summed E-state index contributed by atoms with van der Waals surface area (Å²) >= 11 is 0. The second-order valence-electron chi connectivity index (χ2n) is 11.0. The number of aromatic nitrogens is 2. The topological polar surface area (TPSA) is 143 Å². The van der Waals surface area contributed by atoms with Gasteiger partial charge in [0, 0.05) is 41.0 Å². The van der Waals surface area contributed by atoms with E-state index in [0.29, 0.717) is 16.7 Å². The SMILES string of the molecule is CCN(CC)S(=O)(=O)c1cccc(-n2c(O)c(/C=N\NC(=O)c3ccc(COc4cccc5cccnc45)cc3)c3ccccc3c2=O)c1. The van der Waals surface area contributed by atoms with E-state index in [2.05, 4.69) is 15.5 Å². The first-order chi connectivity index (χ1) is 23.7. The number of amides is 1. The summed E-state index contributed by atoms with van der Waals surface area (Å²) in [4.78, 5) is 31.0. The number of para-hydroxylation sites is 1. The van der Waals surface area contributed by atoms with Gasteiger partial charge in [-0.15, -0.1) is 0 Å². The standard InChI is InChI=1S/C37H33N5O6S/c1-3-41(4-2)49(46,47)29-13-8-12-28(22-29)42-36(44)31-15-6-5-14-30(31)32(37(42)45)23-39-40-35(43)27-19-17-25(18-20-27)24-48-33-16-7-10-26-11-9-21-38-34(26)33/h5-23,45H,3-4,24H2,1-2H3,(H,40,43)/b39-23-. The second-order valence-corrected chi connectivity index (χ2v) is 13.0. The molecule has 0 atom stereocenters. The van der Waals surface area contributed by atoms with Gasteiger partial charge in [-0.05, 0) is 54.1 Å². The van der Waals surface area contributed by atoms with Crippen LogP contribution in [0.3, 0.4) is 0 Å². The molecule has 248 valence electrons. The molecular weight excluding hydrogens is 643 g/mol. The Bertz CT molecular complexity index is 2360. The number of carbonyl (C=O) groups excluding carboxylic acids is 1. The Balaban J connectivity index is 1.23. The third kappa shape index (κ3) is 6.64. The quantitative estimate of drug-likeness (QED) is 0.134. The number of ether oxygens (including phenoxy) is 1. The molecule has 0 aliphatic carbocycles. The maximum Gasteiger partial charge on any atom is 0.271 e. The average Bonchev–Trinajstić information content (AvgIpc) is 3.13. The molecule has 2 heterocycles. The summed E-state index contributed by atoms with van der Waals surface area (Å²) < 4.78 is 34.7. The van der Waals surface area contributed by atoms with Crippen LogP contribution in [0.5, 0.6) is 11.6 Å². The zero-order chi connectivity index (χ0) is 34.5.